The van der Waals surface area contributed by atoms with Crippen LogP contribution in [-0.4, -0.2) is 11.1 Å². The zero-order valence-electron chi connectivity index (χ0n) is 9.38. The summed E-state index contributed by atoms with van der Waals surface area (Å²) < 4.78 is 0. The maximum absolute atomic E-state index is 11.3. The number of carboxylic acid groups (broad SMARTS) is 1. The molecule has 0 aliphatic heterocycles. The largest absolute Gasteiger partial charge is 0.479 e. The van der Waals surface area contributed by atoms with Gasteiger partial charge in [0.2, 0.25) is 5.54 Å². The Balaban J connectivity index is 3.23. The van der Waals surface area contributed by atoms with E-state index < -0.39 is 11.5 Å². The Hall–Kier alpha value is -1.71. The Labute approximate surface area is 94.3 Å². The molecule has 0 saturated heterocycles. The van der Waals surface area contributed by atoms with Crippen LogP contribution in [0.15, 0.2) is 35.5 Å². The normalized spacial score (nSPS) is 14.4. The molecule has 1 aromatic rings. The summed E-state index contributed by atoms with van der Waals surface area (Å²) in [5, 5.41) is 12.1. The minimum absolute atomic E-state index is 0.0778. The molecule has 0 aliphatic rings. The molecule has 1 rings (SSSR count). The van der Waals surface area contributed by atoms with Gasteiger partial charge >= 0.3 is 5.97 Å². The van der Waals surface area contributed by atoms with Crippen molar-refractivity contribution in [3.8, 4) is 0 Å². The monoisotopic (exact) mass is 221 g/mol. The highest BCUT2D eigenvalue weighted by molar-refractivity contribution is 5.81. The molecular formula is C12H15NO3. The molecule has 0 radical (unpaired) electrons. The summed E-state index contributed by atoms with van der Waals surface area (Å²) >= 11 is 0. The van der Waals surface area contributed by atoms with E-state index in [2.05, 4.69) is 5.18 Å². The van der Waals surface area contributed by atoms with Gasteiger partial charge in [-0.1, -0.05) is 44.2 Å². The zero-order valence-corrected chi connectivity index (χ0v) is 9.38. The lowest BCUT2D eigenvalue weighted by molar-refractivity contribution is -0.144. The lowest BCUT2D eigenvalue weighted by Gasteiger charge is -2.23. The second-order valence-electron chi connectivity index (χ2n) is 4.22. The van der Waals surface area contributed by atoms with Gasteiger partial charge < -0.3 is 5.11 Å². The average molecular weight is 221 g/mol. The van der Waals surface area contributed by atoms with Crippen LogP contribution in [0.1, 0.15) is 25.8 Å². The molecule has 1 atom stereocenters. The summed E-state index contributed by atoms with van der Waals surface area (Å²) in [6, 6.07) is 8.43. The Morgan fingerprint density at radius 3 is 2.31 bits per heavy atom. The van der Waals surface area contributed by atoms with E-state index in [1.165, 1.54) is 0 Å². The molecule has 0 fully saturated rings. The molecule has 1 unspecified atom stereocenters. The van der Waals surface area contributed by atoms with Gasteiger partial charge in [0, 0.05) is 0 Å². The quantitative estimate of drug-likeness (QED) is 0.777. The van der Waals surface area contributed by atoms with Crippen molar-refractivity contribution in [1.29, 1.82) is 0 Å². The lowest BCUT2D eigenvalue weighted by Crippen LogP contribution is -2.34. The number of carbonyl (C=O) groups is 1. The number of aliphatic carboxylic acids is 1. The number of nitroso groups, excluding NO2 is 1. The SMILES string of the molecule is CC(C)CC(N=O)(C(=O)O)c1ccccc1. The summed E-state index contributed by atoms with van der Waals surface area (Å²) in [6.45, 7) is 3.73. The van der Waals surface area contributed by atoms with E-state index in [0.717, 1.165) is 0 Å². The number of hydrogen-bond acceptors (Lipinski definition) is 3. The van der Waals surface area contributed by atoms with Crippen molar-refractivity contribution in [3.63, 3.8) is 0 Å². The lowest BCUT2D eigenvalue weighted by atomic mass is 9.83. The van der Waals surface area contributed by atoms with Crippen LogP contribution >= 0.6 is 0 Å². The van der Waals surface area contributed by atoms with E-state index in [0.29, 0.717) is 5.56 Å². The van der Waals surface area contributed by atoms with Gasteiger partial charge in [-0.05, 0) is 23.1 Å². The van der Waals surface area contributed by atoms with Crippen LogP contribution in [0, 0.1) is 10.8 Å². The first-order valence-electron chi connectivity index (χ1n) is 5.16. The van der Waals surface area contributed by atoms with Crippen molar-refractivity contribution < 1.29 is 9.90 Å². The standard InChI is InChI=1S/C12H15NO3/c1-9(2)8-12(13-16,11(14)15)10-6-4-3-5-7-10/h3-7,9H,8H2,1-2H3,(H,14,15). The fourth-order valence-corrected chi connectivity index (χ4v) is 1.76. The number of nitrogens with zero attached hydrogens (tertiary/aromatic N) is 1. The highest BCUT2D eigenvalue weighted by atomic mass is 16.4. The average Bonchev–Trinajstić information content (AvgIpc) is 2.26. The van der Waals surface area contributed by atoms with Crippen molar-refractivity contribution >= 4 is 5.97 Å². The van der Waals surface area contributed by atoms with Crippen LogP contribution in [0.5, 0.6) is 0 Å². The second-order valence-corrected chi connectivity index (χ2v) is 4.22. The topological polar surface area (TPSA) is 66.7 Å². The zero-order chi connectivity index (χ0) is 12.2. The van der Waals surface area contributed by atoms with Gasteiger partial charge in [-0.2, -0.15) is 0 Å². The minimum atomic E-state index is -1.66. The number of hydrogen-bond donors (Lipinski definition) is 1. The predicted octanol–water partition coefficient (Wildman–Crippen LogP) is 2.78. The van der Waals surface area contributed by atoms with Crippen LogP contribution in [0.4, 0.5) is 0 Å². The van der Waals surface area contributed by atoms with Gasteiger partial charge in [-0.15, -0.1) is 4.91 Å². The number of carboxylic acids is 1. The molecule has 0 heterocycles. The third-order valence-corrected chi connectivity index (χ3v) is 2.46. The van der Waals surface area contributed by atoms with Crippen LogP contribution < -0.4 is 0 Å². The van der Waals surface area contributed by atoms with Gasteiger partial charge in [0.15, 0.2) is 0 Å². The van der Waals surface area contributed by atoms with Crippen LogP contribution in [0.3, 0.4) is 0 Å². The van der Waals surface area contributed by atoms with E-state index in [4.69, 9.17) is 0 Å². The smallest absolute Gasteiger partial charge is 0.340 e. The summed E-state index contributed by atoms with van der Waals surface area (Å²) in [4.78, 5) is 22.3. The molecule has 0 aliphatic carbocycles. The predicted molar refractivity (Wildman–Crippen MR) is 61.0 cm³/mol. The van der Waals surface area contributed by atoms with Crippen molar-refractivity contribution in [2.24, 2.45) is 11.1 Å². The summed E-state index contributed by atoms with van der Waals surface area (Å²) in [5.41, 5.74) is -1.22. The molecule has 0 saturated carbocycles. The van der Waals surface area contributed by atoms with Gasteiger partial charge in [0.05, 0.1) is 0 Å². The number of rotatable bonds is 5. The molecule has 0 amide bonds. The van der Waals surface area contributed by atoms with E-state index in [1.54, 1.807) is 30.3 Å². The molecular weight excluding hydrogens is 206 g/mol. The molecule has 1 aromatic carbocycles. The Morgan fingerprint density at radius 1 is 1.38 bits per heavy atom. The first-order valence-corrected chi connectivity index (χ1v) is 5.16. The van der Waals surface area contributed by atoms with E-state index in [9.17, 15) is 14.8 Å². The van der Waals surface area contributed by atoms with Crippen molar-refractivity contribution in [2.75, 3.05) is 0 Å². The van der Waals surface area contributed by atoms with Gasteiger partial charge in [-0.25, -0.2) is 4.79 Å². The third kappa shape index (κ3) is 2.27. The maximum Gasteiger partial charge on any atom is 0.340 e. The molecule has 4 nitrogen and oxygen atoms in total. The van der Waals surface area contributed by atoms with Crippen LogP contribution in [0.2, 0.25) is 0 Å². The van der Waals surface area contributed by atoms with Gasteiger partial charge in [0.25, 0.3) is 0 Å². The van der Waals surface area contributed by atoms with Crippen molar-refractivity contribution in [3.05, 3.63) is 40.8 Å². The Bertz CT molecular complexity index is 375. The molecule has 1 N–H and O–H groups in total. The fraction of sp³-hybridized carbons (Fsp3) is 0.417. The molecule has 86 valence electrons. The molecule has 0 bridgehead atoms. The van der Waals surface area contributed by atoms with Crippen molar-refractivity contribution in [1.82, 2.24) is 0 Å². The van der Waals surface area contributed by atoms with Crippen molar-refractivity contribution in [2.45, 2.75) is 25.8 Å². The van der Waals surface area contributed by atoms with Crippen LogP contribution in [-0.2, 0) is 10.3 Å². The Kier molecular flexibility index (Phi) is 3.77. The molecule has 16 heavy (non-hydrogen) atoms. The minimum Gasteiger partial charge on any atom is -0.479 e. The number of benzene rings is 1. The highest BCUT2D eigenvalue weighted by Gasteiger charge is 2.42. The first-order chi connectivity index (χ1) is 7.53. The highest BCUT2D eigenvalue weighted by Crippen LogP contribution is 2.33. The van der Waals surface area contributed by atoms with Gasteiger partial charge in [0.1, 0.15) is 0 Å². The summed E-state index contributed by atoms with van der Waals surface area (Å²) in [5.74, 6) is -1.11. The molecule has 4 heteroatoms. The van der Waals surface area contributed by atoms with E-state index >= 15 is 0 Å². The first kappa shape index (κ1) is 12.4. The third-order valence-electron chi connectivity index (χ3n) is 2.46. The molecule has 0 spiro atoms. The van der Waals surface area contributed by atoms with Crippen LogP contribution in [0.25, 0.3) is 0 Å². The van der Waals surface area contributed by atoms with E-state index in [-0.39, 0.29) is 12.3 Å². The van der Waals surface area contributed by atoms with Gasteiger partial charge in [-0.3, -0.25) is 0 Å². The maximum atomic E-state index is 11.3. The molecule has 0 aromatic heterocycles. The Morgan fingerprint density at radius 2 is 1.94 bits per heavy atom. The fourth-order valence-electron chi connectivity index (χ4n) is 1.76. The summed E-state index contributed by atoms with van der Waals surface area (Å²) in [7, 11) is 0. The second kappa shape index (κ2) is 4.88. The summed E-state index contributed by atoms with van der Waals surface area (Å²) in [6.07, 6.45) is 0.204. The van der Waals surface area contributed by atoms with E-state index in [1.807, 2.05) is 13.8 Å².